The number of hydrogen-bond acceptors (Lipinski definition) is 7. The van der Waals surface area contributed by atoms with Gasteiger partial charge in [-0.25, -0.2) is 27.5 Å². The molecule has 0 aliphatic carbocycles. The molecule has 4 heterocycles. The number of ether oxygens (including phenoxy) is 1. The minimum absolute atomic E-state index is 0.0887. The van der Waals surface area contributed by atoms with Gasteiger partial charge in [0.15, 0.2) is 5.82 Å². The van der Waals surface area contributed by atoms with E-state index in [4.69, 9.17) is 14.8 Å². The summed E-state index contributed by atoms with van der Waals surface area (Å²) in [5, 5.41) is 8.72. The SMILES string of the molecule is CCOc1cc(F)c(Cn2nc(-c3ncc(CCN4CCCC(F)(F)C4)c(Nc4ccncc4)n3)c3ccccc32)c(F)c1. The summed E-state index contributed by atoms with van der Waals surface area (Å²) in [6, 6.07) is 13.2. The van der Waals surface area contributed by atoms with Gasteiger partial charge in [-0.3, -0.25) is 14.6 Å². The summed E-state index contributed by atoms with van der Waals surface area (Å²) in [4.78, 5) is 15.3. The molecule has 6 rings (SSSR count). The number of fused-ring (bicyclic) bond motifs is 1. The molecule has 1 saturated heterocycles. The molecule has 1 fully saturated rings. The number of likely N-dealkylation sites (tertiary alicyclic amines) is 1. The summed E-state index contributed by atoms with van der Waals surface area (Å²) in [7, 11) is 0. The van der Waals surface area contributed by atoms with Crippen LogP contribution in [0.4, 0.5) is 29.1 Å². The molecule has 1 aliphatic rings. The fourth-order valence-corrected chi connectivity index (χ4v) is 5.44. The van der Waals surface area contributed by atoms with E-state index in [2.05, 4.69) is 15.3 Å². The summed E-state index contributed by atoms with van der Waals surface area (Å²) in [6.07, 6.45) is 5.78. The Labute approximate surface area is 251 Å². The van der Waals surface area contributed by atoms with Gasteiger partial charge in [0.2, 0.25) is 0 Å². The van der Waals surface area contributed by atoms with Crippen LogP contribution in [0.5, 0.6) is 5.75 Å². The largest absolute Gasteiger partial charge is 0.494 e. The fraction of sp³-hybridized carbons (Fsp3) is 0.312. The Morgan fingerprint density at radius 2 is 1.82 bits per heavy atom. The van der Waals surface area contributed by atoms with Gasteiger partial charge >= 0.3 is 0 Å². The zero-order valence-electron chi connectivity index (χ0n) is 24.1. The van der Waals surface area contributed by atoms with Crippen molar-refractivity contribution in [1.82, 2.24) is 29.6 Å². The molecule has 0 radical (unpaired) electrons. The molecular formula is C32H31F4N7O. The zero-order chi connectivity index (χ0) is 30.7. The Bertz CT molecular complexity index is 1740. The van der Waals surface area contributed by atoms with E-state index in [1.54, 1.807) is 42.5 Å². The van der Waals surface area contributed by atoms with E-state index >= 15 is 0 Å². The van der Waals surface area contributed by atoms with Crippen molar-refractivity contribution in [2.45, 2.75) is 38.7 Å². The molecule has 1 aliphatic heterocycles. The lowest BCUT2D eigenvalue weighted by Gasteiger charge is -2.32. The predicted molar refractivity (Wildman–Crippen MR) is 159 cm³/mol. The van der Waals surface area contributed by atoms with Gasteiger partial charge in [-0.05, 0) is 44.5 Å². The second-order valence-electron chi connectivity index (χ2n) is 10.7. The van der Waals surface area contributed by atoms with Crippen LogP contribution in [0.2, 0.25) is 0 Å². The molecule has 5 aromatic rings. The monoisotopic (exact) mass is 605 g/mol. The number of hydrogen-bond donors (Lipinski definition) is 1. The first-order chi connectivity index (χ1) is 21.3. The average Bonchev–Trinajstić information content (AvgIpc) is 3.37. The summed E-state index contributed by atoms with van der Waals surface area (Å²) in [5.74, 6) is -3.22. The lowest BCUT2D eigenvalue weighted by Crippen LogP contribution is -2.43. The number of piperidine rings is 1. The van der Waals surface area contributed by atoms with Crippen LogP contribution in [0.15, 0.2) is 67.1 Å². The topological polar surface area (TPSA) is 81.0 Å². The van der Waals surface area contributed by atoms with Crippen LogP contribution >= 0.6 is 0 Å². The molecule has 0 spiro atoms. The molecule has 44 heavy (non-hydrogen) atoms. The van der Waals surface area contributed by atoms with Crippen molar-refractivity contribution >= 4 is 22.4 Å². The van der Waals surface area contributed by atoms with Crippen molar-refractivity contribution in [3.63, 3.8) is 0 Å². The molecule has 0 amide bonds. The summed E-state index contributed by atoms with van der Waals surface area (Å²) >= 11 is 0. The second kappa shape index (κ2) is 12.6. The number of pyridine rings is 1. The van der Waals surface area contributed by atoms with Gasteiger partial charge in [-0.2, -0.15) is 5.10 Å². The molecule has 2 aromatic carbocycles. The minimum Gasteiger partial charge on any atom is -0.494 e. The van der Waals surface area contributed by atoms with Crippen LogP contribution in [-0.4, -0.2) is 61.8 Å². The molecule has 0 saturated carbocycles. The molecule has 0 unspecified atom stereocenters. The van der Waals surface area contributed by atoms with Gasteiger partial charge in [0, 0.05) is 65.9 Å². The van der Waals surface area contributed by atoms with Crippen molar-refractivity contribution in [3.8, 4) is 17.3 Å². The number of benzene rings is 2. The Balaban J connectivity index is 1.34. The Morgan fingerprint density at radius 1 is 1.05 bits per heavy atom. The highest BCUT2D eigenvalue weighted by Crippen LogP contribution is 2.31. The number of anilines is 2. The number of rotatable bonds is 10. The predicted octanol–water partition coefficient (Wildman–Crippen LogP) is 6.63. The number of halogens is 4. The van der Waals surface area contributed by atoms with Gasteiger partial charge in [0.05, 0.1) is 25.2 Å². The highest BCUT2D eigenvalue weighted by Gasteiger charge is 2.34. The lowest BCUT2D eigenvalue weighted by atomic mass is 10.1. The molecule has 1 N–H and O–H groups in total. The maximum absolute atomic E-state index is 15.0. The lowest BCUT2D eigenvalue weighted by molar-refractivity contribution is -0.0635. The van der Waals surface area contributed by atoms with Crippen LogP contribution in [0.3, 0.4) is 0 Å². The first kappa shape index (κ1) is 29.5. The molecule has 3 aromatic heterocycles. The number of alkyl halides is 2. The van der Waals surface area contributed by atoms with Crippen LogP contribution in [-0.2, 0) is 13.0 Å². The van der Waals surface area contributed by atoms with E-state index < -0.39 is 17.6 Å². The smallest absolute Gasteiger partial charge is 0.260 e. The van der Waals surface area contributed by atoms with E-state index in [9.17, 15) is 17.6 Å². The van der Waals surface area contributed by atoms with Crippen LogP contribution in [0.1, 0.15) is 30.9 Å². The Morgan fingerprint density at radius 3 is 2.57 bits per heavy atom. The Kier molecular flexibility index (Phi) is 8.42. The van der Waals surface area contributed by atoms with Crippen molar-refractivity contribution in [2.24, 2.45) is 0 Å². The summed E-state index contributed by atoms with van der Waals surface area (Å²) < 4.78 is 64.7. The van der Waals surface area contributed by atoms with E-state index in [1.807, 2.05) is 24.3 Å². The zero-order valence-corrected chi connectivity index (χ0v) is 24.1. The number of nitrogens with zero attached hydrogens (tertiary/aromatic N) is 6. The van der Waals surface area contributed by atoms with Crippen molar-refractivity contribution in [1.29, 1.82) is 0 Å². The van der Waals surface area contributed by atoms with E-state index in [0.717, 1.165) is 11.3 Å². The van der Waals surface area contributed by atoms with Crippen LogP contribution < -0.4 is 10.1 Å². The van der Waals surface area contributed by atoms with E-state index in [0.29, 0.717) is 54.2 Å². The maximum Gasteiger partial charge on any atom is 0.260 e. The third kappa shape index (κ3) is 6.49. The van der Waals surface area contributed by atoms with Crippen molar-refractivity contribution in [2.75, 3.05) is 31.6 Å². The van der Waals surface area contributed by atoms with E-state index in [-0.39, 0.29) is 37.4 Å². The second-order valence-corrected chi connectivity index (χ2v) is 10.7. The standard InChI is InChI=1S/C32H31F4N7O/c1-2-44-23-16-26(33)25(27(34)17-23)19-43-28-7-4-3-6-24(28)29(41-43)31-38-18-21(10-15-42-14-5-11-32(35,36)20-42)30(40-31)39-22-8-12-37-13-9-22/h3-4,6-9,12-13,16-18H,2,5,10-11,14-15,19-20H2,1H3,(H,37,38,39,40). The normalized spacial score (nSPS) is 15.0. The summed E-state index contributed by atoms with van der Waals surface area (Å²) in [6.45, 7) is 2.64. The molecule has 8 nitrogen and oxygen atoms in total. The molecular weight excluding hydrogens is 574 g/mol. The van der Waals surface area contributed by atoms with Gasteiger partial charge in [-0.15, -0.1) is 0 Å². The van der Waals surface area contributed by atoms with Gasteiger partial charge in [0.1, 0.15) is 28.9 Å². The average molecular weight is 606 g/mol. The fourth-order valence-electron chi connectivity index (χ4n) is 5.44. The number of para-hydroxylation sites is 1. The maximum atomic E-state index is 15.0. The molecule has 12 heteroatoms. The van der Waals surface area contributed by atoms with E-state index in [1.165, 1.54) is 16.8 Å². The van der Waals surface area contributed by atoms with Crippen molar-refractivity contribution in [3.05, 3.63) is 89.9 Å². The van der Waals surface area contributed by atoms with Crippen LogP contribution in [0, 0.1) is 11.6 Å². The Hall–Kier alpha value is -4.58. The van der Waals surface area contributed by atoms with Crippen LogP contribution in [0.25, 0.3) is 22.4 Å². The van der Waals surface area contributed by atoms with Gasteiger partial charge in [0.25, 0.3) is 5.92 Å². The highest BCUT2D eigenvalue weighted by atomic mass is 19.3. The van der Waals surface area contributed by atoms with Gasteiger partial charge in [-0.1, -0.05) is 18.2 Å². The molecule has 0 atom stereocenters. The number of nitrogens with one attached hydrogen (secondary N) is 1. The van der Waals surface area contributed by atoms with Crippen molar-refractivity contribution < 1.29 is 22.3 Å². The summed E-state index contributed by atoms with van der Waals surface area (Å²) in [5.41, 5.74) is 2.44. The first-order valence-corrected chi connectivity index (χ1v) is 14.5. The van der Waals surface area contributed by atoms with Gasteiger partial charge < -0.3 is 10.1 Å². The first-order valence-electron chi connectivity index (χ1n) is 14.5. The number of aromatic nitrogens is 5. The third-order valence-electron chi connectivity index (χ3n) is 7.58. The molecule has 228 valence electrons. The molecule has 0 bridgehead atoms. The third-order valence-corrected chi connectivity index (χ3v) is 7.58. The highest BCUT2D eigenvalue weighted by molar-refractivity contribution is 5.91. The minimum atomic E-state index is -2.69. The quantitative estimate of drug-likeness (QED) is 0.179.